The molecule has 2 rings (SSSR count). The molecule has 0 saturated heterocycles. The average molecular weight is 315 g/mol. The Labute approximate surface area is 135 Å². The van der Waals surface area contributed by atoms with Crippen molar-refractivity contribution < 1.29 is 9.59 Å². The van der Waals surface area contributed by atoms with Crippen LogP contribution in [-0.2, 0) is 11.2 Å². The van der Waals surface area contributed by atoms with Crippen LogP contribution in [0.5, 0.6) is 0 Å². The minimum atomic E-state index is -0.0997. The van der Waals surface area contributed by atoms with Crippen molar-refractivity contribution in [3.63, 3.8) is 0 Å². The smallest absolute Gasteiger partial charge is 0.227 e. The second kappa shape index (κ2) is 7.90. The SMILES string of the molecule is CC[C@@H](C(=O)NCCc1ccc(C(C)=O)s1)c1ccccc1. The molecule has 0 bridgehead atoms. The van der Waals surface area contributed by atoms with Gasteiger partial charge in [0.2, 0.25) is 5.91 Å². The number of nitrogens with one attached hydrogen (secondary N) is 1. The number of Topliss-reactive ketones (excluding diaryl/α,β-unsaturated/α-hetero) is 1. The normalized spacial score (nSPS) is 11.9. The third-order valence-corrected chi connectivity index (χ3v) is 4.85. The Morgan fingerprint density at radius 2 is 1.86 bits per heavy atom. The Hall–Kier alpha value is -1.94. The fraction of sp³-hybridized carbons (Fsp3) is 0.333. The van der Waals surface area contributed by atoms with Crippen LogP contribution in [0.15, 0.2) is 42.5 Å². The number of hydrogen-bond donors (Lipinski definition) is 1. The molecular weight excluding hydrogens is 294 g/mol. The van der Waals surface area contributed by atoms with Gasteiger partial charge in [-0.05, 0) is 37.5 Å². The van der Waals surface area contributed by atoms with Gasteiger partial charge < -0.3 is 5.32 Å². The zero-order chi connectivity index (χ0) is 15.9. The fourth-order valence-electron chi connectivity index (χ4n) is 2.39. The van der Waals surface area contributed by atoms with Crippen molar-refractivity contribution in [3.05, 3.63) is 57.8 Å². The summed E-state index contributed by atoms with van der Waals surface area (Å²) in [5.41, 5.74) is 1.05. The summed E-state index contributed by atoms with van der Waals surface area (Å²) in [6, 6.07) is 13.7. The van der Waals surface area contributed by atoms with Crippen LogP contribution in [-0.4, -0.2) is 18.2 Å². The molecule has 1 amide bonds. The van der Waals surface area contributed by atoms with Crippen molar-refractivity contribution in [3.8, 4) is 0 Å². The standard InChI is InChI=1S/C18H21NO2S/c1-3-16(14-7-5-4-6-8-14)18(21)19-12-11-15-9-10-17(22-15)13(2)20/h4-10,16H,3,11-12H2,1-2H3,(H,19,21)/t16-/m1/s1. The topological polar surface area (TPSA) is 46.2 Å². The Morgan fingerprint density at radius 1 is 1.14 bits per heavy atom. The maximum absolute atomic E-state index is 12.3. The van der Waals surface area contributed by atoms with Gasteiger partial charge in [0, 0.05) is 11.4 Å². The van der Waals surface area contributed by atoms with E-state index in [0.29, 0.717) is 6.54 Å². The van der Waals surface area contributed by atoms with Gasteiger partial charge in [-0.15, -0.1) is 11.3 Å². The summed E-state index contributed by atoms with van der Waals surface area (Å²) in [5.74, 6) is 0.0600. The highest BCUT2D eigenvalue weighted by atomic mass is 32.1. The first kappa shape index (κ1) is 16.4. The number of carbonyl (C=O) groups excluding carboxylic acids is 2. The van der Waals surface area contributed by atoms with Crippen molar-refractivity contribution in [1.29, 1.82) is 0 Å². The molecule has 0 aliphatic heterocycles. The van der Waals surface area contributed by atoms with Crippen molar-refractivity contribution in [2.75, 3.05) is 6.54 Å². The molecule has 1 heterocycles. The lowest BCUT2D eigenvalue weighted by Gasteiger charge is -2.15. The van der Waals surface area contributed by atoms with Crippen molar-refractivity contribution in [2.24, 2.45) is 0 Å². The summed E-state index contributed by atoms with van der Waals surface area (Å²) in [5, 5.41) is 3.00. The minimum absolute atomic E-state index is 0.0667. The molecule has 0 unspecified atom stereocenters. The van der Waals surface area contributed by atoms with Gasteiger partial charge in [-0.3, -0.25) is 9.59 Å². The summed E-state index contributed by atoms with van der Waals surface area (Å²) >= 11 is 1.50. The monoisotopic (exact) mass is 315 g/mol. The molecular formula is C18H21NO2S. The largest absolute Gasteiger partial charge is 0.355 e. The van der Waals surface area contributed by atoms with Crippen LogP contribution in [0.1, 0.15) is 46.3 Å². The number of hydrogen-bond acceptors (Lipinski definition) is 3. The van der Waals surface area contributed by atoms with Gasteiger partial charge >= 0.3 is 0 Å². The predicted molar refractivity (Wildman–Crippen MR) is 90.5 cm³/mol. The van der Waals surface area contributed by atoms with E-state index >= 15 is 0 Å². The van der Waals surface area contributed by atoms with Crippen molar-refractivity contribution >= 4 is 23.0 Å². The highest BCUT2D eigenvalue weighted by Gasteiger charge is 2.17. The van der Waals surface area contributed by atoms with Crippen LogP contribution in [0.25, 0.3) is 0 Å². The van der Waals surface area contributed by atoms with Gasteiger partial charge in [0.15, 0.2) is 5.78 Å². The first-order valence-electron chi connectivity index (χ1n) is 7.54. The summed E-state index contributed by atoms with van der Waals surface area (Å²) in [6.07, 6.45) is 1.54. The molecule has 2 aromatic rings. The first-order chi connectivity index (χ1) is 10.6. The van der Waals surface area contributed by atoms with Crippen LogP contribution in [0, 0.1) is 0 Å². The molecule has 0 aliphatic carbocycles. The Kier molecular flexibility index (Phi) is 5.90. The summed E-state index contributed by atoms with van der Waals surface area (Å²) < 4.78 is 0. The van der Waals surface area contributed by atoms with Gasteiger partial charge in [-0.1, -0.05) is 37.3 Å². The van der Waals surface area contributed by atoms with Gasteiger partial charge in [-0.25, -0.2) is 0 Å². The molecule has 3 nitrogen and oxygen atoms in total. The molecule has 1 aromatic carbocycles. The Balaban J connectivity index is 1.87. The van der Waals surface area contributed by atoms with E-state index in [0.717, 1.165) is 28.2 Å². The number of rotatable bonds is 7. The van der Waals surface area contributed by atoms with E-state index in [4.69, 9.17) is 0 Å². The average Bonchev–Trinajstić information content (AvgIpc) is 2.98. The molecule has 0 radical (unpaired) electrons. The zero-order valence-electron chi connectivity index (χ0n) is 13.0. The van der Waals surface area contributed by atoms with E-state index in [1.54, 1.807) is 6.92 Å². The molecule has 4 heteroatoms. The number of carbonyl (C=O) groups is 2. The lowest BCUT2D eigenvalue weighted by molar-refractivity contribution is -0.122. The third-order valence-electron chi connectivity index (χ3n) is 3.61. The molecule has 22 heavy (non-hydrogen) atoms. The van der Waals surface area contributed by atoms with E-state index in [1.807, 2.05) is 49.4 Å². The quantitative estimate of drug-likeness (QED) is 0.790. The lowest BCUT2D eigenvalue weighted by atomic mass is 9.96. The zero-order valence-corrected chi connectivity index (χ0v) is 13.8. The van der Waals surface area contributed by atoms with Gasteiger partial charge in [0.25, 0.3) is 0 Å². The van der Waals surface area contributed by atoms with Gasteiger partial charge in [0.05, 0.1) is 10.8 Å². The van der Waals surface area contributed by atoms with Crippen LogP contribution in [0.3, 0.4) is 0 Å². The molecule has 1 atom stereocenters. The van der Waals surface area contributed by atoms with Crippen LogP contribution in [0.4, 0.5) is 0 Å². The highest BCUT2D eigenvalue weighted by Crippen LogP contribution is 2.20. The molecule has 0 spiro atoms. The first-order valence-corrected chi connectivity index (χ1v) is 8.35. The fourth-order valence-corrected chi connectivity index (χ4v) is 3.29. The third kappa shape index (κ3) is 4.28. The van der Waals surface area contributed by atoms with Crippen LogP contribution < -0.4 is 5.32 Å². The number of amides is 1. The minimum Gasteiger partial charge on any atom is -0.355 e. The maximum Gasteiger partial charge on any atom is 0.227 e. The number of ketones is 1. The van der Waals surface area contributed by atoms with E-state index in [1.165, 1.54) is 11.3 Å². The van der Waals surface area contributed by atoms with Crippen molar-refractivity contribution in [2.45, 2.75) is 32.6 Å². The molecule has 0 fully saturated rings. The molecule has 0 saturated carbocycles. The van der Waals surface area contributed by atoms with Gasteiger partial charge in [0.1, 0.15) is 0 Å². The summed E-state index contributed by atoms with van der Waals surface area (Å²) in [6.45, 7) is 4.19. The second-order valence-electron chi connectivity index (χ2n) is 5.23. The lowest BCUT2D eigenvalue weighted by Crippen LogP contribution is -2.30. The number of thiophene rings is 1. The van der Waals surface area contributed by atoms with Gasteiger partial charge in [-0.2, -0.15) is 0 Å². The highest BCUT2D eigenvalue weighted by molar-refractivity contribution is 7.14. The molecule has 1 aromatic heterocycles. The molecule has 116 valence electrons. The Morgan fingerprint density at radius 3 is 2.45 bits per heavy atom. The van der Waals surface area contributed by atoms with Crippen molar-refractivity contribution in [1.82, 2.24) is 5.32 Å². The van der Waals surface area contributed by atoms with E-state index in [9.17, 15) is 9.59 Å². The van der Waals surface area contributed by atoms with E-state index < -0.39 is 0 Å². The Bertz CT molecular complexity index is 634. The number of benzene rings is 1. The summed E-state index contributed by atoms with van der Waals surface area (Å²) in [4.78, 5) is 25.5. The maximum atomic E-state index is 12.3. The van der Waals surface area contributed by atoms with Crippen LogP contribution >= 0.6 is 11.3 Å². The van der Waals surface area contributed by atoms with E-state index in [2.05, 4.69) is 5.32 Å². The predicted octanol–water partition coefficient (Wildman–Crippen LogP) is 3.80. The summed E-state index contributed by atoms with van der Waals surface area (Å²) in [7, 11) is 0. The molecule has 0 aliphatic rings. The van der Waals surface area contributed by atoms with Crippen LogP contribution in [0.2, 0.25) is 0 Å². The second-order valence-corrected chi connectivity index (χ2v) is 6.40. The van der Waals surface area contributed by atoms with E-state index in [-0.39, 0.29) is 17.6 Å². The molecule has 1 N–H and O–H groups in total.